The van der Waals surface area contributed by atoms with Crippen LogP contribution in [-0.2, 0) is 4.74 Å². The molecular weight excluding hydrogens is 280 g/mol. The Labute approximate surface area is 133 Å². The Morgan fingerprint density at radius 2 is 2.05 bits per heavy atom. The van der Waals surface area contributed by atoms with Crippen LogP contribution < -0.4 is 5.32 Å². The fourth-order valence-electron chi connectivity index (χ4n) is 4.49. The van der Waals surface area contributed by atoms with Crippen molar-refractivity contribution < 1.29 is 14.6 Å². The first kappa shape index (κ1) is 16.1. The molecule has 2 heterocycles. The molecule has 0 bridgehead atoms. The highest BCUT2D eigenvalue weighted by atomic mass is 16.5. The molecule has 3 aliphatic rings. The van der Waals surface area contributed by atoms with Gasteiger partial charge >= 0.3 is 6.03 Å². The number of carbonyl (C=O) groups excluding carboxylic acids is 1. The molecule has 2 atom stereocenters. The van der Waals surface area contributed by atoms with Gasteiger partial charge in [0.05, 0.1) is 5.60 Å². The number of likely N-dealkylation sites (tertiary alicyclic amines) is 1. The maximum Gasteiger partial charge on any atom is 0.317 e. The number of aliphatic hydroxyl groups excluding tert-OH is 1. The summed E-state index contributed by atoms with van der Waals surface area (Å²) in [6.07, 6.45) is 10.7. The third-order valence-electron chi connectivity index (χ3n) is 5.69. The number of nitrogens with one attached hydrogen (secondary N) is 1. The van der Waals surface area contributed by atoms with Gasteiger partial charge in [0.25, 0.3) is 0 Å². The molecule has 0 radical (unpaired) electrons. The quantitative estimate of drug-likeness (QED) is 0.841. The standard InChI is InChI=1S/C17H30N2O3/c20-11-6-15-5-1-4-10-19(15)16(21)18-14-7-12-22-17(13-14)8-2-3-9-17/h14-15,20H,1-13H2,(H,18,21). The van der Waals surface area contributed by atoms with Gasteiger partial charge in [-0.3, -0.25) is 0 Å². The van der Waals surface area contributed by atoms with E-state index in [4.69, 9.17) is 4.74 Å². The van der Waals surface area contributed by atoms with Crippen molar-refractivity contribution in [2.45, 2.75) is 81.9 Å². The molecule has 2 amide bonds. The Hall–Kier alpha value is -0.810. The third kappa shape index (κ3) is 3.57. The van der Waals surface area contributed by atoms with Gasteiger partial charge in [-0.2, -0.15) is 0 Å². The van der Waals surface area contributed by atoms with Crippen molar-refractivity contribution in [3.63, 3.8) is 0 Å². The number of hydrogen-bond donors (Lipinski definition) is 2. The highest BCUT2D eigenvalue weighted by molar-refractivity contribution is 5.75. The van der Waals surface area contributed by atoms with Gasteiger partial charge in [-0.05, 0) is 51.4 Å². The largest absolute Gasteiger partial charge is 0.396 e. The van der Waals surface area contributed by atoms with Crippen LogP contribution in [0.4, 0.5) is 4.79 Å². The van der Waals surface area contributed by atoms with Crippen molar-refractivity contribution in [2.75, 3.05) is 19.8 Å². The number of rotatable bonds is 3. The van der Waals surface area contributed by atoms with Crippen molar-refractivity contribution in [1.82, 2.24) is 10.2 Å². The average molecular weight is 310 g/mol. The maximum atomic E-state index is 12.6. The molecule has 2 unspecified atom stereocenters. The van der Waals surface area contributed by atoms with E-state index in [1.165, 1.54) is 12.8 Å². The first-order chi connectivity index (χ1) is 10.7. The van der Waals surface area contributed by atoms with Gasteiger partial charge in [-0.15, -0.1) is 0 Å². The van der Waals surface area contributed by atoms with Crippen LogP contribution >= 0.6 is 0 Å². The van der Waals surface area contributed by atoms with E-state index in [0.29, 0.717) is 6.42 Å². The van der Waals surface area contributed by atoms with Crippen LogP contribution in [0.15, 0.2) is 0 Å². The second-order valence-corrected chi connectivity index (χ2v) is 7.23. The SMILES string of the molecule is O=C(NC1CCOC2(CCCC2)C1)N1CCCCC1CCO. The van der Waals surface area contributed by atoms with E-state index < -0.39 is 0 Å². The summed E-state index contributed by atoms with van der Waals surface area (Å²) in [6.45, 7) is 1.75. The second kappa shape index (κ2) is 7.18. The lowest BCUT2D eigenvalue weighted by Crippen LogP contribution is -2.54. The molecule has 3 fully saturated rings. The molecule has 0 aromatic carbocycles. The van der Waals surface area contributed by atoms with Crippen LogP contribution in [0, 0.1) is 0 Å². The summed E-state index contributed by atoms with van der Waals surface area (Å²) in [6, 6.07) is 0.522. The zero-order valence-electron chi connectivity index (χ0n) is 13.6. The number of carbonyl (C=O) groups is 1. The lowest BCUT2D eigenvalue weighted by atomic mass is 9.89. The molecule has 1 spiro atoms. The van der Waals surface area contributed by atoms with Gasteiger partial charge in [-0.1, -0.05) is 12.8 Å². The zero-order valence-corrected chi connectivity index (χ0v) is 13.6. The monoisotopic (exact) mass is 310 g/mol. The summed E-state index contributed by atoms with van der Waals surface area (Å²) in [5.74, 6) is 0. The van der Waals surface area contributed by atoms with Crippen LogP contribution in [0.1, 0.15) is 64.2 Å². The predicted molar refractivity (Wildman–Crippen MR) is 84.8 cm³/mol. The maximum absolute atomic E-state index is 12.6. The molecule has 3 rings (SSSR count). The molecule has 5 heteroatoms. The molecule has 0 aromatic rings. The third-order valence-corrected chi connectivity index (χ3v) is 5.69. The lowest BCUT2D eigenvalue weighted by Gasteiger charge is -2.41. The van der Waals surface area contributed by atoms with Crippen LogP contribution in [0.2, 0.25) is 0 Å². The fourth-order valence-corrected chi connectivity index (χ4v) is 4.49. The van der Waals surface area contributed by atoms with Crippen molar-refractivity contribution in [3.8, 4) is 0 Å². The van der Waals surface area contributed by atoms with E-state index in [2.05, 4.69) is 5.32 Å². The number of piperidine rings is 1. The average Bonchev–Trinajstić information content (AvgIpc) is 2.96. The van der Waals surface area contributed by atoms with Gasteiger partial charge < -0.3 is 20.1 Å². The van der Waals surface area contributed by atoms with Crippen LogP contribution in [-0.4, -0.2) is 53.5 Å². The Balaban J connectivity index is 1.56. The normalized spacial score (nSPS) is 31.4. The van der Waals surface area contributed by atoms with Crippen molar-refractivity contribution >= 4 is 6.03 Å². The summed E-state index contributed by atoms with van der Waals surface area (Å²) in [7, 11) is 0. The zero-order chi connectivity index (χ0) is 15.4. The predicted octanol–water partition coefficient (Wildman–Crippen LogP) is 2.42. The topological polar surface area (TPSA) is 61.8 Å². The summed E-state index contributed by atoms with van der Waals surface area (Å²) < 4.78 is 6.05. The Bertz CT molecular complexity index is 380. The Kier molecular flexibility index (Phi) is 5.24. The summed E-state index contributed by atoms with van der Waals surface area (Å²) in [4.78, 5) is 14.6. The summed E-state index contributed by atoms with van der Waals surface area (Å²) in [5.41, 5.74) is 0.0442. The summed E-state index contributed by atoms with van der Waals surface area (Å²) in [5, 5.41) is 12.5. The highest BCUT2D eigenvalue weighted by Gasteiger charge is 2.40. The number of amides is 2. The number of aliphatic hydroxyl groups is 1. The van der Waals surface area contributed by atoms with Gasteiger partial charge in [0, 0.05) is 31.8 Å². The molecule has 1 aliphatic carbocycles. The molecule has 2 aliphatic heterocycles. The highest BCUT2D eigenvalue weighted by Crippen LogP contribution is 2.40. The lowest BCUT2D eigenvalue weighted by molar-refractivity contribution is -0.0825. The molecule has 126 valence electrons. The van der Waals surface area contributed by atoms with Gasteiger partial charge in [0.2, 0.25) is 0 Å². The number of hydrogen-bond acceptors (Lipinski definition) is 3. The van der Waals surface area contributed by atoms with E-state index in [0.717, 1.165) is 58.1 Å². The van der Waals surface area contributed by atoms with E-state index in [1.807, 2.05) is 4.90 Å². The second-order valence-electron chi connectivity index (χ2n) is 7.23. The van der Waals surface area contributed by atoms with Gasteiger partial charge in [0.1, 0.15) is 0 Å². The van der Waals surface area contributed by atoms with Crippen LogP contribution in [0.3, 0.4) is 0 Å². The minimum absolute atomic E-state index is 0.0442. The number of ether oxygens (including phenoxy) is 1. The minimum atomic E-state index is 0.0442. The minimum Gasteiger partial charge on any atom is -0.396 e. The Morgan fingerprint density at radius 1 is 1.23 bits per heavy atom. The van der Waals surface area contributed by atoms with Crippen LogP contribution in [0.5, 0.6) is 0 Å². The van der Waals surface area contributed by atoms with Gasteiger partial charge in [0.15, 0.2) is 0 Å². The fraction of sp³-hybridized carbons (Fsp3) is 0.941. The smallest absolute Gasteiger partial charge is 0.317 e. The summed E-state index contributed by atoms with van der Waals surface area (Å²) >= 11 is 0. The molecule has 2 N–H and O–H groups in total. The molecule has 0 aromatic heterocycles. The van der Waals surface area contributed by atoms with Gasteiger partial charge in [-0.25, -0.2) is 4.79 Å². The van der Waals surface area contributed by atoms with E-state index in [9.17, 15) is 9.90 Å². The van der Waals surface area contributed by atoms with E-state index >= 15 is 0 Å². The molecular formula is C17H30N2O3. The van der Waals surface area contributed by atoms with E-state index in [-0.39, 0.29) is 30.3 Å². The Morgan fingerprint density at radius 3 is 2.82 bits per heavy atom. The number of nitrogens with zero attached hydrogens (tertiary/aromatic N) is 1. The molecule has 5 nitrogen and oxygen atoms in total. The van der Waals surface area contributed by atoms with Crippen molar-refractivity contribution in [3.05, 3.63) is 0 Å². The molecule has 1 saturated carbocycles. The van der Waals surface area contributed by atoms with E-state index in [1.54, 1.807) is 0 Å². The van der Waals surface area contributed by atoms with Crippen molar-refractivity contribution in [2.24, 2.45) is 0 Å². The molecule has 22 heavy (non-hydrogen) atoms. The first-order valence-electron chi connectivity index (χ1n) is 9.04. The first-order valence-corrected chi connectivity index (χ1v) is 9.04. The van der Waals surface area contributed by atoms with Crippen molar-refractivity contribution in [1.29, 1.82) is 0 Å². The van der Waals surface area contributed by atoms with Crippen LogP contribution in [0.25, 0.3) is 0 Å². The number of urea groups is 1. The molecule has 2 saturated heterocycles.